The van der Waals surface area contributed by atoms with Gasteiger partial charge in [-0.1, -0.05) is 29.8 Å². The lowest BCUT2D eigenvalue weighted by Crippen LogP contribution is -2.02. The molecule has 1 N–H and O–H groups in total. The monoisotopic (exact) mass is 313 g/mol. The van der Waals surface area contributed by atoms with Crippen molar-refractivity contribution in [2.24, 2.45) is 0 Å². The lowest BCUT2D eigenvalue weighted by molar-refractivity contribution is 0.102. The highest BCUT2D eigenvalue weighted by molar-refractivity contribution is 6.33. The van der Waals surface area contributed by atoms with Gasteiger partial charge in [-0.25, -0.2) is 0 Å². The third-order valence-electron chi connectivity index (χ3n) is 3.73. The zero-order chi connectivity index (χ0) is 15.7. The van der Waals surface area contributed by atoms with E-state index < -0.39 is 0 Å². The van der Waals surface area contributed by atoms with E-state index in [9.17, 15) is 4.79 Å². The Morgan fingerprint density at radius 2 is 2.00 bits per heavy atom. The molecular weight excluding hydrogens is 298 g/mol. The van der Waals surface area contributed by atoms with E-state index in [0.29, 0.717) is 5.56 Å². The first kappa shape index (κ1) is 14.7. The largest absolute Gasteiger partial charge is 0.496 e. The number of aryl methyl sites for hydroxylation is 1. The van der Waals surface area contributed by atoms with E-state index in [0.717, 1.165) is 33.5 Å². The van der Waals surface area contributed by atoms with Gasteiger partial charge >= 0.3 is 0 Å². The molecule has 22 heavy (non-hydrogen) atoms. The summed E-state index contributed by atoms with van der Waals surface area (Å²) in [4.78, 5) is 15.7. The molecule has 3 rings (SSSR count). The molecule has 0 aliphatic heterocycles. The number of nitrogens with one attached hydrogen (secondary N) is 1. The molecule has 0 atom stereocenters. The number of rotatable bonds is 4. The lowest BCUT2D eigenvalue weighted by Gasteiger charge is -2.10. The predicted octanol–water partition coefficient (Wildman–Crippen LogP) is 4.57. The number of Topliss-reactive ketones (excluding diaryl/α,β-unsaturated/α-hetero) is 1. The molecule has 0 unspecified atom stereocenters. The fourth-order valence-electron chi connectivity index (χ4n) is 2.72. The average Bonchev–Trinajstić information content (AvgIpc) is 2.93. The summed E-state index contributed by atoms with van der Waals surface area (Å²) in [5, 5.41) is 0.881. The van der Waals surface area contributed by atoms with E-state index in [2.05, 4.69) is 4.98 Å². The Hall–Kier alpha value is -2.26. The highest BCUT2D eigenvalue weighted by Crippen LogP contribution is 2.36. The second-order valence-electron chi connectivity index (χ2n) is 5.18. The van der Waals surface area contributed by atoms with Crippen LogP contribution in [0.15, 0.2) is 42.5 Å². The molecule has 0 amide bonds. The Balaban J connectivity index is 2.36. The van der Waals surface area contributed by atoms with Crippen LogP contribution < -0.4 is 4.74 Å². The summed E-state index contributed by atoms with van der Waals surface area (Å²) in [6, 6.07) is 13.6. The second kappa shape index (κ2) is 5.85. The maximum absolute atomic E-state index is 12.4. The van der Waals surface area contributed by atoms with E-state index in [1.807, 2.05) is 49.4 Å². The van der Waals surface area contributed by atoms with Crippen LogP contribution in [0.2, 0.25) is 0 Å². The van der Waals surface area contributed by atoms with Gasteiger partial charge in [-0.2, -0.15) is 0 Å². The van der Waals surface area contributed by atoms with E-state index in [-0.39, 0.29) is 11.7 Å². The third kappa shape index (κ3) is 2.38. The van der Waals surface area contributed by atoms with Crippen molar-refractivity contribution in [2.75, 3.05) is 13.0 Å². The molecule has 1 aromatic heterocycles. The van der Waals surface area contributed by atoms with Crippen LogP contribution in [-0.2, 0) is 0 Å². The third-order valence-corrected chi connectivity index (χ3v) is 3.97. The van der Waals surface area contributed by atoms with Crippen LogP contribution in [0.4, 0.5) is 0 Å². The molecule has 3 nitrogen and oxygen atoms in total. The lowest BCUT2D eigenvalue weighted by atomic mass is 10.0. The van der Waals surface area contributed by atoms with Gasteiger partial charge in [-0.05, 0) is 25.1 Å². The molecule has 112 valence electrons. The molecule has 0 saturated heterocycles. The zero-order valence-corrected chi connectivity index (χ0v) is 13.2. The van der Waals surface area contributed by atoms with E-state index in [4.69, 9.17) is 16.3 Å². The molecule has 0 spiro atoms. The number of methoxy groups -OCH3 is 1. The number of ether oxygens (including phenoxy) is 1. The van der Waals surface area contributed by atoms with Crippen molar-refractivity contribution in [1.82, 2.24) is 4.98 Å². The molecule has 0 saturated carbocycles. The van der Waals surface area contributed by atoms with Gasteiger partial charge in [0, 0.05) is 16.5 Å². The van der Waals surface area contributed by atoms with E-state index in [1.165, 1.54) is 0 Å². The minimum Gasteiger partial charge on any atom is -0.496 e. The maximum atomic E-state index is 12.4. The fourth-order valence-corrected chi connectivity index (χ4v) is 2.85. The van der Waals surface area contributed by atoms with Crippen LogP contribution in [-0.4, -0.2) is 23.8 Å². The first-order valence-electron chi connectivity index (χ1n) is 7.00. The molecule has 3 aromatic rings. The van der Waals surface area contributed by atoms with Crippen LogP contribution >= 0.6 is 11.6 Å². The molecular formula is C18H16ClNO2. The van der Waals surface area contributed by atoms with Gasteiger partial charge in [-0.3, -0.25) is 4.79 Å². The Labute approximate surface area is 133 Å². The number of carbonyl (C=O) groups excluding carboxylic acids is 1. The Morgan fingerprint density at radius 3 is 2.73 bits per heavy atom. The van der Waals surface area contributed by atoms with Crippen LogP contribution in [0.3, 0.4) is 0 Å². The Bertz CT molecular complexity index is 851. The number of fused-ring (bicyclic) bond motifs is 1. The quantitative estimate of drug-likeness (QED) is 0.566. The molecule has 0 fully saturated rings. The first-order chi connectivity index (χ1) is 10.7. The first-order valence-corrected chi connectivity index (χ1v) is 7.54. The Morgan fingerprint density at radius 1 is 1.23 bits per heavy atom. The van der Waals surface area contributed by atoms with Crippen LogP contribution in [0.25, 0.3) is 22.2 Å². The van der Waals surface area contributed by atoms with Gasteiger partial charge in [0.2, 0.25) is 0 Å². The summed E-state index contributed by atoms with van der Waals surface area (Å²) in [5.41, 5.74) is 4.25. The van der Waals surface area contributed by atoms with Crippen LogP contribution in [0, 0.1) is 6.92 Å². The van der Waals surface area contributed by atoms with E-state index in [1.54, 1.807) is 7.11 Å². The van der Waals surface area contributed by atoms with Crippen molar-refractivity contribution in [3.63, 3.8) is 0 Å². The van der Waals surface area contributed by atoms with Gasteiger partial charge in [-0.15, -0.1) is 11.6 Å². The molecule has 0 aliphatic rings. The van der Waals surface area contributed by atoms with Gasteiger partial charge < -0.3 is 9.72 Å². The number of aromatic nitrogens is 1. The zero-order valence-electron chi connectivity index (χ0n) is 12.4. The summed E-state index contributed by atoms with van der Waals surface area (Å²) in [6.45, 7) is 2.01. The predicted molar refractivity (Wildman–Crippen MR) is 90.1 cm³/mol. The Kier molecular flexibility index (Phi) is 3.90. The van der Waals surface area contributed by atoms with Crippen molar-refractivity contribution in [3.05, 3.63) is 53.6 Å². The maximum Gasteiger partial charge on any atom is 0.180 e. The summed E-state index contributed by atoms with van der Waals surface area (Å²) in [5.74, 6) is 0.571. The van der Waals surface area contributed by atoms with Crippen LogP contribution in [0.1, 0.15) is 15.9 Å². The summed E-state index contributed by atoms with van der Waals surface area (Å²) < 4.78 is 5.45. The summed E-state index contributed by atoms with van der Waals surface area (Å²) in [7, 11) is 1.62. The normalized spacial score (nSPS) is 10.9. The van der Waals surface area contributed by atoms with Crippen molar-refractivity contribution in [2.45, 2.75) is 6.92 Å². The van der Waals surface area contributed by atoms with Crippen molar-refractivity contribution in [1.29, 1.82) is 0 Å². The highest BCUT2D eigenvalue weighted by atomic mass is 35.5. The fraction of sp³-hybridized carbons (Fsp3) is 0.167. The topological polar surface area (TPSA) is 42.1 Å². The van der Waals surface area contributed by atoms with Crippen molar-refractivity contribution in [3.8, 4) is 17.0 Å². The number of halogens is 1. The van der Waals surface area contributed by atoms with Gasteiger partial charge in [0.1, 0.15) is 5.75 Å². The molecule has 2 aromatic carbocycles. The molecule has 4 heteroatoms. The second-order valence-corrected chi connectivity index (χ2v) is 5.45. The summed E-state index contributed by atoms with van der Waals surface area (Å²) >= 11 is 5.81. The number of carbonyl (C=O) groups is 1. The van der Waals surface area contributed by atoms with Gasteiger partial charge in [0.25, 0.3) is 0 Å². The number of benzene rings is 2. The molecule has 1 heterocycles. The summed E-state index contributed by atoms with van der Waals surface area (Å²) in [6.07, 6.45) is 0. The van der Waals surface area contributed by atoms with Gasteiger partial charge in [0.15, 0.2) is 5.78 Å². The van der Waals surface area contributed by atoms with Crippen molar-refractivity contribution >= 4 is 28.3 Å². The number of aromatic amines is 1. The SMILES string of the molecule is COc1ccc(C)cc1-c1[nH]c2ccccc2c1C(=O)CCl. The smallest absolute Gasteiger partial charge is 0.180 e. The number of alkyl halides is 1. The molecule has 0 bridgehead atoms. The number of hydrogen-bond donors (Lipinski definition) is 1. The highest BCUT2D eigenvalue weighted by Gasteiger charge is 2.21. The van der Waals surface area contributed by atoms with E-state index >= 15 is 0 Å². The average molecular weight is 314 g/mol. The number of ketones is 1. The van der Waals surface area contributed by atoms with Gasteiger partial charge in [0.05, 0.1) is 24.2 Å². The number of hydrogen-bond acceptors (Lipinski definition) is 2. The van der Waals surface area contributed by atoms with Crippen molar-refractivity contribution < 1.29 is 9.53 Å². The molecule has 0 aliphatic carbocycles. The molecule has 0 radical (unpaired) electrons. The number of H-pyrrole nitrogens is 1. The number of para-hydroxylation sites is 1. The standard InChI is InChI=1S/C18H16ClNO2/c1-11-7-8-16(22-2)13(9-11)18-17(15(21)10-19)12-5-3-4-6-14(12)20-18/h3-9,20H,10H2,1-2H3. The van der Waals surface area contributed by atoms with Crippen LogP contribution in [0.5, 0.6) is 5.75 Å². The minimum atomic E-state index is -0.0994. The minimum absolute atomic E-state index is 0.0526.